The number of allylic oxidation sites excluding steroid dienone is 1. The third kappa shape index (κ3) is 5.05. The zero-order valence-electron chi connectivity index (χ0n) is 15.2. The molecule has 25 heavy (non-hydrogen) atoms. The summed E-state index contributed by atoms with van der Waals surface area (Å²) in [5.74, 6) is 1.15. The third-order valence-corrected chi connectivity index (χ3v) is 4.66. The molecule has 0 aromatic heterocycles. The van der Waals surface area contributed by atoms with Gasteiger partial charge in [-0.1, -0.05) is 39.5 Å². The van der Waals surface area contributed by atoms with E-state index in [0.717, 1.165) is 30.1 Å². The number of ketones is 1. The SMILES string of the molecule is C=CC(=O)OCOc1ccc(C=C2C(=O)[C@@H](C(C)C)CCC2C)cc1. The van der Waals surface area contributed by atoms with E-state index in [1.54, 1.807) is 12.1 Å². The molecular formula is C21H26O4. The number of carbonyl (C=O) groups excluding carboxylic acids is 2. The highest BCUT2D eigenvalue weighted by Gasteiger charge is 2.32. The minimum Gasteiger partial charge on any atom is -0.457 e. The van der Waals surface area contributed by atoms with Gasteiger partial charge in [0, 0.05) is 12.0 Å². The van der Waals surface area contributed by atoms with Gasteiger partial charge in [0.2, 0.25) is 6.79 Å². The quantitative estimate of drug-likeness (QED) is 0.437. The van der Waals surface area contributed by atoms with E-state index >= 15 is 0 Å². The molecule has 0 heterocycles. The van der Waals surface area contributed by atoms with E-state index in [-0.39, 0.29) is 24.4 Å². The van der Waals surface area contributed by atoms with Gasteiger partial charge in [-0.15, -0.1) is 0 Å². The Morgan fingerprint density at radius 1 is 1.28 bits per heavy atom. The molecule has 0 amide bonds. The van der Waals surface area contributed by atoms with Crippen molar-refractivity contribution < 1.29 is 19.1 Å². The van der Waals surface area contributed by atoms with Crippen LogP contribution >= 0.6 is 0 Å². The Balaban J connectivity index is 2.05. The van der Waals surface area contributed by atoms with Crippen molar-refractivity contribution in [3.05, 3.63) is 48.1 Å². The summed E-state index contributed by atoms with van der Waals surface area (Å²) >= 11 is 0. The maximum Gasteiger partial charge on any atom is 0.333 e. The topological polar surface area (TPSA) is 52.6 Å². The van der Waals surface area contributed by atoms with Gasteiger partial charge in [0.1, 0.15) is 5.75 Å². The van der Waals surface area contributed by atoms with Crippen LogP contribution < -0.4 is 4.74 Å². The van der Waals surface area contributed by atoms with Crippen LogP contribution in [0.2, 0.25) is 0 Å². The lowest BCUT2D eigenvalue weighted by molar-refractivity contribution is -0.144. The fraction of sp³-hybridized carbons (Fsp3) is 0.429. The molecule has 4 heteroatoms. The highest BCUT2D eigenvalue weighted by molar-refractivity contribution is 6.02. The lowest BCUT2D eigenvalue weighted by atomic mass is 9.73. The smallest absolute Gasteiger partial charge is 0.333 e. The average molecular weight is 342 g/mol. The zero-order valence-corrected chi connectivity index (χ0v) is 15.2. The number of ether oxygens (including phenoxy) is 2. The largest absolute Gasteiger partial charge is 0.457 e. The van der Waals surface area contributed by atoms with Gasteiger partial charge in [-0.2, -0.15) is 0 Å². The fourth-order valence-corrected chi connectivity index (χ4v) is 3.08. The van der Waals surface area contributed by atoms with Crippen molar-refractivity contribution in [3.8, 4) is 5.75 Å². The van der Waals surface area contributed by atoms with Crippen LogP contribution in [-0.4, -0.2) is 18.5 Å². The first-order chi connectivity index (χ1) is 11.9. The number of hydrogen-bond acceptors (Lipinski definition) is 4. The van der Waals surface area contributed by atoms with Crippen molar-refractivity contribution in [1.82, 2.24) is 0 Å². The highest BCUT2D eigenvalue weighted by atomic mass is 16.7. The molecule has 1 saturated carbocycles. The van der Waals surface area contributed by atoms with Crippen molar-refractivity contribution in [1.29, 1.82) is 0 Å². The second-order valence-electron chi connectivity index (χ2n) is 6.79. The van der Waals surface area contributed by atoms with Crippen molar-refractivity contribution >= 4 is 17.8 Å². The fourth-order valence-electron chi connectivity index (χ4n) is 3.08. The van der Waals surface area contributed by atoms with Gasteiger partial charge in [0.25, 0.3) is 0 Å². The van der Waals surface area contributed by atoms with Crippen LogP contribution in [0.15, 0.2) is 42.5 Å². The van der Waals surface area contributed by atoms with Crippen LogP contribution in [0.4, 0.5) is 0 Å². The van der Waals surface area contributed by atoms with Crippen LogP contribution in [-0.2, 0) is 14.3 Å². The Hall–Kier alpha value is -2.36. The molecule has 0 N–H and O–H groups in total. The Kier molecular flexibility index (Phi) is 6.57. The van der Waals surface area contributed by atoms with Crippen molar-refractivity contribution in [2.24, 2.45) is 17.8 Å². The van der Waals surface area contributed by atoms with Crippen molar-refractivity contribution in [2.45, 2.75) is 33.6 Å². The van der Waals surface area contributed by atoms with Gasteiger partial charge in [-0.3, -0.25) is 4.79 Å². The molecule has 134 valence electrons. The van der Waals surface area contributed by atoms with Gasteiger partial charge >= 0.3 is 5.97 Å². The third-order valence-electron chi connectivity index (χ3n) is 4.66. The molecule has 1 aliphatic rings. The van der Waals surface area contributed by atoms with Crippen LogP contribution in [0.1, 0.15) is 39.2 Å². The summed E-state index contributed by atoms with van der Waals surface area (Å²) in [5, 5.41) is 0. The normalized spacial score (nSPS) is 22.1. The number of hydrogen-bond donors (Lipinski definition) is 0. The minimum absolute atomic E-state index is 0.129. The molecule has 0 aliphatic heterocycles. The number of benzene rings is 1. The van der Waals surface area contributed by atoms with E-state index in [1.807, 2.05) is 18.2 Å². The minimum atomic E-state index is -0.522. The molecular weight excluding hydrogens is 316 g/mol. The summed E-state index contributed by atoms with van der Waals surface area (Å²) < 4.78 is 10.1. The molecule has 1 aromatic carbocycles. The molecule has 0 saturated heterocycles. The van der Waals surface area contributed by atoms with Crippen LogP contribution in [0.3, 0.4) is 0 Å². The summed E-state index contributed by atoms with van der Waals surface area (Å²) in [6.07, 6.45) is 5.11. The van der Waals surface area contributed by atoms with E-state index in [4.69, 9.17) is 9.47 Å². The molecule has 1 aliphatic carbocycles. The molecule has 0 bridgehead atoms. The molecule has 4 nitrogen and oxygen atoms in total. The first-order valence-electron chi connectivity index (χ1n) is 8.70. The summed E-state index contributed by atoms with van der Waals surface area (Å²) in [6.45, 7) is 9.50. The Bertz CT molecular complexity index is 655. The Morgan fingerprint density at radius 2 is 1.96 bits per heavy atom. The lowest BCUT2D eigenvalue weighted by Gasteiger charge is -2.30. The van der Waals surface area contributed by atoms with Crippen LogP contribution in [0.25, 0.3) is 6.08 Å². The summed E-state index contributed by atoms with van der Waals surface area (Å²) in [5.41, 5.74) is 1.88. The molecule has 0 radical (unpaired) electrons. The van der Waals surface area contributed by atoms with E-state index in [9.17, 15) is 9.59 Å². The monoisotopic (exact) mass is 342 g/mol. The second-order valence-corrected chi connectivity index (χ2v) is 6.79. The number of rotatable bonds is 6. The Morgan fingerprint density at radius 3 is 2.56 bits per heavy atom. The second kappa shape index (κ2) is 8.65. The summed E-state index contributed by atoms with van der Waals surface area (Å²) in [4.78, 5) is 23.7. The van der Waals surface area contributed by atoms with Gasteiger partial charge in [-0.05, 0) is 54.0 Å². The van der Waals surface area contributed by atoms with E-state index < -0.39 is 5.97 Å². The standard InChI is InChI=1S/C21H26O4/c1-5-20(22)25-13-24-17-9-7-16(8-10-17)12-19-15(4)6-11-18(14(2)3)21(19)23/h5,7-10,12,14-15,18H,1,6,11,13H2,2-4H3/t15?,18-/m1/s1. The van der Waals surface area contributed by atoms with Gasteiger partial charge in [-0.25, -0.2) is 4.79 Å². The van der Waals surface area contributed by atoms with E-state index in [2.05, 4.69) is 27.4 Å². The van der Waals surface area contributed by atoms with Crippen molar-refractivity contribution in [2.75, 3.05) is 6.79 Å². The molecule has 1 fully saturated rings. The summed E-state index contributed by atoms with van der Waals surface area (Å²) in [7, 11) is 0. The molecule has 2 rings (SSSR count). The molecule has 1 aromatic rings. The first-order valence-corrected chi connectivity index (χ1v) is 8.70. The highest BCUT2D eigenvalue weighted by Crippen LogP contribution is 2.35. The number of esters is 1. The maximum absolute atomic E-state index is 12.7. The van der Waals surface area contributed by atoms with Gasteiger partial charge < -0.3 is 9.47 Å². The first kappa shape index (κ1) is 19.0. The summed E-state index contributed by atoms with van der Waals surface area (Å²) in [6, 6.07) is 7.39. The Labute approximate surface area is 149 Å². The average Bonchev–Trinajstić information content (AvgIpc) is 2.59. The predicted molar refractivity (Wildman–Crippen MR) is 97.9 cm³/mol. The van der Waals surface area contributed by atoms with E-state index in [0.29, 0.717) is 11.7 Å². The molecule has 2 atom stereocenters. The maximum atomic E-state index is 12.7. The molecule has 1 unspecified atom stereocenters. The predicted octanol–water partition coefficient (Wildman–Crippen LogP) is 4.41. The lowest BCUT2D eigenvalue weighted by Crippen LogP contribution is -2.30. The number of carbonyl (C=O) groups is 2. The van der Waals surface area contributed by atoms with Gasteiger partial charge in [0.15, 0.2) is 5.78 Å². The van der Waals surface area contributed by atoms with Crippen molar-refractivity contribution in [3.63, 3.8) is 0 Å². The van der Waals surface area contributed by atoms with Crippen LogP contribution in [0.5, 0.6) is 5.75 Å². The number of Topliss-reactive ketones (excluding diaryl/α,β-unsaturated/α-hetero) is 1. The van der Waals surface area contributed by atoms with Crippen LogP contribution in [0, 0.1) is 17.8 Å². The molecule has 0 spiro atoms. The van der Waals surface area contributed by atoms with Gasteiger partial charge in [0.05, 0.1) is 0 Å². The van der Waals surface area contributed by atoms with E-state index in [1.165, 1.54) is 0 Å². The zero-order chi connectivity index (χ0) is 18.4.